The Morgan fingerprint density at radius 1 is 1.17 bits per heavy atom. The minimum absolute atomic E-state index is 0. The average Bonchev–Trinajstić information content (AvgIpc) is 3.37. The number of nitrogens with one attached hydrogen (secondary N) is 2. The van der Waals surface area contributed by atoms with Crippen molar-refractivity contribution >= 4 is 29.9 Å². The van der Waals surface area contributed by atoms with E-state index >= 15 is 0 Å². The molecule has 0 spiro atoms. The van der Waals surface area contributed by atoms with Crippen LogP contribution < -0.4 is 10.6 Å². The van der Waals surface area contributed by atoms with Crippen LogP contribution in [0, 0.1) is 5.82 Å². The molecule has 0 radical (unpaired) electrons. The number of rotatable bonds is 5. The molecule has 0 bridgehead atoms. The molecular formula is C18H22FIN4. The zero-order chi connectivity index (χ0) is 16.1. The van der Waals surface area contributed by atoms with Crippen molar-refractivity contribution in [3.05, 3.63) is 65.7 Å². The van der Waals surface area contributed by atoms with Gasteiger partial charge in [-0.05, 0) is 36.6 Å². The first-order valence-corrected chi connectivity index (χ1v) is 7.83. The summed E-state index contributed by atoms with van der Waals surface area (Å²) in [6.07, 6.45) is 3.76. The minimum Gasteiger partial charge on any atom is -0.356 e. The third-order valence-electron chi connectivity index (χ3n) is 4.28. The van der Waals surface area contributed by atoms with Crippen molar-refractivity contribution in [3.63, 3.8) is 0 Å². The predicted octanol–water partition coefficient (Wildman–Crippen LogP) is 3.24. The zero-order valence-corrected chi connectivity index (χ0v) is 16.0. The maximum Gasteiger partial charge on any atom is 0.191 e. The first-order valence-electron chi connectivity index (χ1n) is 7.83. The molecule has 0 saturated heterocycles. The van der Waals surface area contributed by atoms with E-state index in [0.29, 0.717) is 19.0 Å². The molecular weight excluding hydrogens is 418 g/mol. The van der Waals surface area contributed by atoms with Gasteiger partial charge in [0.15, 0.2) is 5.96 Å². The van der Waals surface area contributed by atoms with Crippen molar-refractivity contribution in [2.45, 2.75) is 24.8 Å². The molecule has 2 aromatic rings. The van der Waals surface area contributed by atoms with Crippen LogP contribution in [0.15, 0.2) is 53.7 Å². The van der Waals surface area contributed by atoms with E-state index in [9.17, 15) is 4.39 Å². The van der Waals surface area contributed by atoms with Gasteiger partial charge in [-0.25, -0.2) is 4.39 Å². The van der Waals surface area contributed by atoms with E-state index in [1.54, 1.807) is 19.3 Å². The second-order valence-corrected chi connectivity index (χ2v) is 5.86. The standard InChI is InChI=1S/C18H21FN4.HI/c1-20-17(22-12-14-6-4-5-11-21-14)23-13-18(9-10-18)15-7-2-3-8-16(15)19;/h2-8,11H,9-10,12-13H2,1H3,(H2,20,22,23);1H. The SMILES string of the molecule is CN=C(NCc1ccccn1)NCC1(c2ccccc2F)CC1.I. The Labute approximate surface area is 159 Å². The molecule has 1 aromatic carbocycles. The molecule has 128 valence electrons. The number of hydrogen-bond acceptors (Lipinski definition) is 2. The van der Waals surface area contributed by atoms with Gasteiger partial charge in [-0.15, -0.1) is 24.0 Å². The molecule has 2 N–H and O–H groups in total. The van der Waals surface area contributed by atoms with Gasteiger partial charge in [0.05, 0.1) is 12.2 Å². The molecule has 1 saturated carbocycles. The van der Waals surface area contributed by atoms with Crippen molar-refractivity contribution in [3.8, 4) is 0 Å². The second kappa shape index (κ2) is 8.41. The van der Waals surface area contributed by atoms with Crippen LogP contribution in [-0.2, 0) is 12.0 Å². The van der Waals surface area contributed by atoms with Crippen LogP contribution in [0.2, 0.25) is 0 Å². The van der Waals surface area contributed by atoms with Gasteiger partial charge in [0.1, 0.15) is 5.82 Å². The number of halogens is 2. The quantitative estimate of drug-likeness (QED) is 0.427. The first-order chi connectivity index (χ1) is 11.2. The van der Waals surface area contributed by atoms with E-state index in [0.717, 1.165) is 24.1 Å². The van der Waals surface area contributed by atoms with Crippen molar-refractivity contribution in [2.75, 3.05) is 13.6 Å². The first kappa shape index (κ1) is 18.6. The van der Waals surface area contributed by atoms with Crippen LogP contribution >= 0.6 is 24.0 Å². The van der Waals surface area contributed by atoms with Crippen molar-refractivity contribution < 1.29 is 4.39 Å². The van der Waals surface area contributed by atoms with Crippen LogP contribution in [0.1, 0.15) is 24.1 Å². The lowest BCUT2D eigenvalue weighted by Crippen LogP contribution is -2.41. The van der Waals surface area contributed by atoms with Crippen molar-refractivity contribution in [1.29, 1.82) is 0 Å². The van der Waals surface area contributed by atoms with E-state index < -0.39 is 0 Å². The highest BCUT2D eigenvalue weighted by Gasteiger charge is 2.45. The summed E-state index contributed by atoms with van der Waals surface area (Å²) in [7, 11) is 1.73. The molecule has 4 nitrogen and oxygen atoms in total. The van der Waals surface area contributed by atoms with E-state index in [1.165, 1.54) is 6.07 Å². The van der Waals surface area contributed by atoms with Crippen LogP contribution in [0.5, 0.6) is 0 Å². The van der Waals surface area contributed by atoms with Gasteiger partial charge in [0.2, 0.25) is 0 Å². The minimum atomic E-state index is -0.122. The fourth-order valence-corrected chi connectivity index (χ4v) is 2.73. The van der Waals surface area contributed by atoms with Gasteiger partial charge in [0.25, 0.3) is 0 Å². The Balaban J connectivity index is 0.00000208. The lowest BCUT2D eigenvalue weighted by molar-refractivity contribution is 0.559. The fraction of sp³-hybridized carbons (Fsp3) is 0.333. The van der Waals surface area contributed by atoms with E-state index in [4.69, 9.17) is 0 Å². The van der Waals surface area contributed by atoms with Crippen LogP contribution in [0.4, 0.5) is 4.39 Å². The Bertz CT molecular complexity index is 686. The molecule has 24 heavy (non-hydrogen) atoms. The summed E-state index contributed by atoms with van der Waals surface area (Å²) in [5.41, 5.74) is 1.65. The summed E-state index contributed by atoms with van der Waals surface area (Å²) in [6.45, 7) is 1.28. The summed E-state index contributed by atoms with van der Waals surface area (Å²) in [6, 6.07) is 12.8. The Kier molecular flexibility index (Phi) is 6.53. The summed E-state index contributed by atoms with van der Waals surface area (Å²) in [5, 5.41) is 6.55. The maximum absolute atomic E-state index is 14.0. The summed E-state index contributed by atoms with van der Waals surface area (Å²) >= 11 is 0. The number of pyridine rings is 1. The van der Waals surface area contributed by atoms with Gasteiger partial charge in [-0.3, -0.25) is 9.98 Å². The van der Waals surface area contributed by atoms with Gasteiger partial charge >= 0.3 is 0 Å². The molecule has 1 aliphatic carbocycles. The highest BCUT2D eigenvalue weighted by Crippen LogP contribution is 2.48. The van der Waals surface area contributed by atoms with Crippen LogP contribution in [0.3, 0.4) is 0 Å². The highest BCUT2D eigenvalue weighted by atomic mass is 127. The van der Waals surface area contributed by atoms with Crippen molar-refractivity contribution in [1.82, 2.24) is 15.6 Å². The van der Waals surface area contributed by atoms with E-state index in [-0.39, 0.29) is 35.2 Å². The van der Waals surface area contributed by atoms with Gasteiger partial charge in [-0.1, -0.05) is 24.3 Å². The van der Waals surface area contributed by atoms with Gasteiger partial charge in [-0.2, -0.15) is 0 Å². The molecule has 0 unspecified atom stereocenters. The number of nitrogens with zero attached hydrogens (tertiary/aromatic N) is 2. The van der Waals surface area contributed by atoms with E-state index in [2.05, 4.69) is 20.6 Å². The van der Waals surface area contributed by atoms with Crippen LogP contribution in [0.25, 0.3) is 0 Å². The number of hydrogen-bond donors (Lipinski definition) is 2. The highest BCUT2D eigenvalue weighted by molar-refractivity contribution is 14.0. The maximum atomic E-state index is 14.0. The summed E-state index contributed by atoms with van der Waals surface area (Å²) in [4.78, 5) is 8.49. The number of benzene rings is 1. The predicted molar refractivity (Wildman–Crippen MR) is 105 cm³/mol. The molecule has 6 heteroatoms. The molecule has 1 fully saturated rings. The normalized spacial score (nSPS) is 15.3. The average molecular weight is 440 g/mol. The number of aromatic nitrogens is 1. The number of aliphatic imine (C=N–C) groups is 1. The van der Waals surface area contributed by atoms with Crippen LogP contribution in [-0.4, -0.2) is 24.5 Å². The van der Waals surface area contributed by atoms with Gasteiger partial charge < -0.3 is 10.6 Å². The van der Waals surface area contributed by atoms with Crippen molar-refractivity contribution in [2.24, 2.45) is 4.99 Å². The van der Waals surface area contributed by atoms with E-state index in [1.807, 2.05) is 30.3 Å². The summed E-state index contributed by atoms with van der Waals surface area (Å²) < 4.78 is 14.0. The molecule has 1 aliphatic rings. The Morgan fingerprint density at radius 2 is 1.92 bits per heavy atom. The third kappa shape index (κ3) is 4.43. The molecule has 0 aliphatic heterocycles. The lowest BCUT2D eigenvalue weighted by Gasteiger charge is -2.19. The fourth-order valence-electron chi connectivity index (χ4n) is 2.73. The zero-order valence-electron chi connectivity index (χ0n) is 13.6. The Morgan fingerprint density at radius 3 is 2.54 bits per heavy atom. The molecule has 0 amide bonds. The molecule has 1 heterocycles. The third-order valence-corrected chi connectivity index (χ3v) is 4.28. The molecule has 3 rings (SSSR count). The van der Waals surface area contributed by atoms with Gasteiger partial charge in [0, 0.05) is 25.2 Å². The topological polar surface area (TPSA) is 49.3 Å². The largest absolute Gasteiger partial charge is 0.356 e. The molecule has 1 aromatic heterocycles. The number of guanidine groups is 1. The second-order valence-electron chi connectivity index (χ2n) is 5.86. The monoisotopic (exact) mass is 440 g/mol. The molecule has 0 atom stereocenters. The summed E-state index contributed by atoms with van der Waals surface area (Å²) in [5.74, 6) is 0.585. The Hall–Kier alpha value is -1.70. The smallest absolute Gasteiger partial charge is 0.191 e. The lowest BCUT2D eigenvalue weighted by atomic mass is 9.95.